The number of carbonyl (C=O) groups excluding carboxylic acids is 1. The van der Waals surface area contributed by atoms with Crippen molar-refractivity contribution in [3.05, 3.63) is 45.5 Å². The van der Waals surface area contributed by atoms with E-state index in [1.54, 1.807) is 12.3 Å². The minimum Gasteiger partial charge on any atom is -0.479 e. The summed E-state index contributed by atoms with van der Waals surface area (Å²) in [7, 11) is 0. The van der Waals surface area contributed by atoms with Gasteiger partial charge in [0.15, 0.2) is 4.73 Å². The van der Waals surface area contributed by atoms with Crippen molar-refractivity contribution >= 4 is 33.4 Å². The number of amides is 1. The van der Waals surface area contributed by atoms with Gasteiger partial charge in [0.05, 0.1) is 17.3 Å². The van der Waals surface area contributed by atoms with Crippen LogP contribution in [0, 0.1) is 11.7 Å². The first-order valence-electron chi connectivity index (χ1n) is 9.02. The molecule has 1 aliphatic carbocycles. The Labute approximate surface area is 174 Å². The van der Waals surface area contributed by atoms with Crippen LogP contribution in [0.5, 0.6) is 11.6 Å². The quantitative estimate of drug-likeness (QED) is 0.680. The summed E-state index contributed by atoms with van der Waals surface area (Å²) in [5.41, 5.74) is 0.752. The van der Waals surface area contributed by atoms with E-state index < -0.39 is 5.82 Å². The summed E-state index contributed by atoms with van der Waals surface area (Å²) in [6, 6.07) is 4.18. The highest BCUT2D eigenvalue weighted by Gasteiger charge is 2.40. The molecule has 2 aliphatic rings. The molecule has 0 spiro atoms. The highest BCUT2D eigenvalue weighted by Crippen LogP contribution is 2.39. The normalized spacial score (nSPS) is 24.2. The molecule has 1 N–H and O–H groups in total. The second-order valence-electron chi connectivity index (χ2n) is 7.03. The third-order valence-corrected chi connectivity index (χ3v) is 5.81. The second kappa shape index (κ2) is 7.83. The van der Waals surface area contributed by atoms with Crippen LogP contribution in [0.25, 0.3) is 0 Å². The van der Waals surface area contributed by atoms with E-state index in [0.717, 1.165) is 5.56 Å². The van der Waals surface area contributed by atoms with Crippen molar-refractivity contribution in [2.45, 2.75) is 44.4 Å². The molecule has 0 radical (unpaired) electrons. The van der Waals surface area contributed by atoms with Gasteiger partial charge in [-0.15, -0.1) is 0 Å². The molecular weight excluding hydrogens is 453 g/mol. The molecule has 0 bridgehead atoms. The number of benzene rings is 1. The molecule has 2 heterocycles. The van der Waals surface area contributed by atoms with E-state index in [1.807, 2.05) is 6.92 Å². The smallest absolute Gasteiger partial charge is 0.261 e. The Hall–Kier alpha value is -1.93. The van der Waals surface area contributed by atoms with Crippen molar-refractivity contribution in [3.63, 3.8) is 0 Å². The number of halogens is 3. The lowest BCUT2D eigenvalue weighted by molar-refractivity contribution is -0.129. The van der Waals surface area contributed by atoms with E-state index >= 15 is 0 Å². The fraction of sp³-hybridized carbons (Fsp3) is 0.421. The van der Waals surface area contributed by atoms with Crippen molar-refractivity contribution in [1.29, 1.82) is 0 Å². The summed E-state index contributed by atoms with van der Waals surface area (Å²) in [5, 5.41) is 3.03. The standard InChI is InChI=1S/C19H18BrClFN3O3/c1-9(10-2-4-13(22)12(21)6-10)24-17(26)11-3-5-14-15(7-11)27-16-8-23-19(20)25-18(16)28-14/h2,4,6,8-9,11,14-15H,3,5,7H2,1H3,(H,24,26). The maximum Gasteiger partial charge on any atom is 0.261 e. The molecule has 148 valence electrons. The Balaban J connectivity index is 1.40. The van der Waals surface area contributed by atoms with Gasteiger partial charge in [-0.1, -0.05) is 17.7 Å². The van der Waals surface area contributed by atoms with Crippen LogP contribution in [-0.2, 0) is 4.79 Å². The number of aromatic nitrogens is 2. The summed E-state index contributed by atoms with van der Waals surface area (Å²) < 4.78 is 25.7. The molecule has 1 aromatic carbocycles. The molecule has 9 heteroatoms. The van der Waals surface area contributed by atoms with Gasteiger partial charge in [-0.05, 0) is 59.8 Å². The van der Waals surface area contributed by atoms with Gasteiger partial charge in [-0.25, -0.2) is 9.37 Å². The largest absolute Gasteiger partial charge is 0.479 e. The Morgan fingerprint density at radius 1 is 1.36 bits per heavy atom. The van der Waals surface area contributed by atoms with E-state index in [-0.39, 0.29) is 35.1 Å². The predicted octanol–water partition coefficient (Wildman–Crippen LogP) is 4.22. The number of hydrogen-bond acceptors (Lipinski definition) is 5. The molecule has 28 heavy (non-hydrogen) atoms. The van der Waals surface area contributed by atoms with Gasteiger partial charge in [0.1, 0.15) is 18.0 Å². The number of ether oxygens (including phenoxy) is 2. The summed E-state index contributed by atoms with van der Waals surface area (Å²) in [6.45, 7) is 1.85. The molecule has 1 fully saturated rings. The van der Waals surface area contributed by atoms with Gasteiger partial charge in [-0.3, -0.25) is 4.79 Å². The second-order valence-corrected chi connectivity index (χ2v) is 8.15. The first-order valence-corrected chi connectivity index (χ1v) is 10.2. The van der Waals surface area contributed by atoms with E-state index in [1.165, 1.54) is 12.1 Å². The molecule has 2 aromatic rings. The number of hydrogen-bond donors (Lipinski definition) is 1. The fourth-order valence-electron chi connectivity index (χ4n) is 3.60. The van der Waals surface area contributed by atoms with E-state index in [0.29, 0.717) is 35.6 Å². The van der Waals surface area contributed by atoms with E-state index in [9.17, 15) is 9.18 Å². The Morgan fingerprint density at radius 2 is 2.18 bits per heavy atom. The van der Waals surface area contributed by atoms with Gasteiger partial charge < -0.3 is 14.8 Å². The zero-order chi connectivity index (χ0) is 19.8. The van der Waals surface area contributed by atoms with Crippen LogP contribution in [-0.4, -0.2) is 28.1 Å². The average Bonchev–Trinajstić information content (AvgIpc) is 2.68. The number of nitrogens with zero attached hydrogens (tertiary/aromatic N) is 2. The molecule has 1 aromatic heterocycles. The third kappa shape index (κ3) is 3.93. The molecule has 4 atom stereocenters. The van der Waals surface area contributed by atoms with Gasteiger partial charge in [0.2, 0.25) is 11.7 Å². The zero-order valence-electron chi connectivity index (χ0n) is 15.0. The van der Waals surface area contributed by atoms with Crippen molar-refractivity contribution in [2.75, 3.05) is 0 Å². The van der Waals surface area contributed by atoms with E-state index in [2.05, 4.69) is 31.2 Å². The molecule has 1 aliphatic heterocycles. The van der Waals surface area contributed by atoms with Crippen LogP contribution in [0.1, 0.15) is 37.8 Å². The highest BCUT2D eigenvalue weighted by molar-refractivity contribution is 9.10. The molecule has 4 unspecified atom stereocenters. The van der Waals surface area contributed by atoms with Gasteiger partial charge >= 0.3 is 0 Å². The summed E-state index contributed by atoms with van der Waals surface area (Å²) in [4.78, 5) is 21.0. The average molecular weight is 471 g/mol. The minimum absolute atomic E-state index is 0.0411. The Kier molecular flexibility index (Phi) is 5.42. The Bertz CT molecular complexity index is 916. The number of carbonyl (C=O) groups is 1. The molecule has 0 saturated heterocycles. The third-order valence-electron chi connectivity index (χ3n) is 5.14. The number of nitrogens with one attached hydrogen (secondary N) is 1. The van der Waals surface area contributed by atoms with Crippen LogP contribution in [0.2, 0.25) is 5.02 Å². The van der Waals surface area contributed by atoms with Crippen molar-refractivity contribution in [2.24, 2.45) is 5.92 Å². The van der Waals surface area contributed by atoms with E-state index in [4.69, 9.17) is 21.1 Å². The SMILES string of the molecule is CC(NC(=O)C1CCC2Oc3nc(Br)ncc3OC2C1)c1ccc(F)c(Cl)c1. The maximum absolute atomic E-state index is 13.3. The van der Waals surface area contributed by atoms with Crippen LogP contribution in [0.15, 0.2) is 29.1 Å². The molecule has 1 amide bonds. The molecule has 1 saturated carbocycles. The summed E-state index contributed by atoms with van der Waals surface area (Å²) >= 11 is 9.06. The van der Waals surface area contributed by atoms with Gasteiger partial charge in [0, 0.05) is 5.92 Å². The van der Waals surface area contributed by atoms with Crippen LogP contribution >= 0.6 is 27.5 Å². The topological polar surface area (TPSA) is 73.3 Å². The summed E-state index contributed by atoms with van der Waals surface area (Å²) in [5.74, 6) is 0.176. The zero-order valence-corrected chi connectivity index (χ0v) is 17.3. The lowest BCUT2D eigenvalue weighted by atomic mass is 9.84. The van der Waals surface area contributed by atoms with Crippen molar-refractivity contribution in [1.82, 2.24) is 15.3 Å². The number of fused-ring (bicyclic) bond motifs is 2. The van der Waals surface area contributed by atoms with Crippen LogP contribution in [0.4, 0.5) is 4.39 Å². The lowest BCUT2D eigenvalue weighted by Gasteiger charge is -2.38. The maximum atomic E-state index is 13.3. The number of rotatable bonds is 3. The predicted molar refractivity (Wildman–Crippen MR) is 104 cm³/mol. The van der Waals surface area contributed by atoms with Crippen LogP contribution < -0.4 is 14.8 Å². The lowest BCUT2D eigenvalue weighted by Crippen LogP contribution is -2.48. The Morgan fingerprint density at radius 3 is 2.96 bits per heavy atom. The molecule has 4 rings (SSSR count). The van der Waals surface area contributed by atoms with Crippen molar-refractivity contribution in [3.8, 4) is 11.6 Å². The highest BCUT2D eigenvalue weighted by atomic mass is 79.9. The van der Waals surface area contributed by atoms with Gasteiger partial charge in [-0.2, -0.15) is 4.98 Å². The first-order chi connectivity index (χ1) is 13.4. The monoisotopic (exact) mass is 469 g/mol. The molecule has 6 nitrogen and oxygen atoms in total. The first kappa shape index (κ1) is 19.4. The van der Waals surface area contributed by atoms with Crippen LogP contribution in [0.3, 0.4) is 0 Å². The van der Waals surface area contributed by atoms with Gasteiger partial charge in [0.25, 0.3) is 5.88 Å². The molecular formula is C19H18BrClFN3O3. The fourth-order valence-corrected chi connectivity index (χ4v) is 4.05. The summed E-state index contributed by atoms with van der Waals surface area (Å²) in [6.07, 6.45) is 3.13. The minimum atomic E-state index is -0.479. The van der Waals surface area contributed by atoms with Crippen molar-refractivity contribution < 1.29 is 18.7 Å².